The minimum atomic E-state index is -0.0584. The molecular formula is C16H20N4OS2. The number of hydrogen-bond donors (Lipinski definition) is 1. The summed E-state index contributed by atoms with van der Waals surface area (Å²) >= 11 is 2.96. The van der Waals surface area contributed by atoms with Gasteiger partial charge < -0.3 is 5.32 Å². The molecule has 0 saturated heterocycles. The van der Waals surface area contributed by atoms with Gasteiger partial charge in [-0.3, -0.25) is 4.79 Å². The van der Waals surface area contributed by atoms with Crippen LogP contribution in [0.4, 0.5) is 5.13 Å². The normalized spacial score (nSPS) is 16.9. The van der Waals surface area contributed by atoms with E-state index in [-0.39, 0.29) is 5.91 Å². The van der Waals surface area contributed by atoms with Crippen molar-refractivity contribution in [2.45, 2.75) is 45.2 Å². The molecular weight excluding hydrogens is 328 g/mol. The molecule has 1 aliphatic rings. The number of fused-ring (bicyclic) bond motifs is 1. The quantitative estimate of drug-likeness (QED) is 0.677. The van der Waals surface area contributed by atoms with Crippen LogP contribution in [0.5, 0.6) is 0 Å². The Morgan fingerprint density at radius 3 is 2.83 bits per heavy atom. The van der Waals surface area contributed by atoms with Crippen LogP contribution in [0.25, 0.3) is 0 Å². The molecule has 2 heterocycles. The van der Waals surface area contributed by atoms with Gasteiger partial charge in [-0.05, 0) is 45.1 Å². The highest BCUT2D eigenvalue weighted by atomic mass is 32.2. The maximum Gasteiger partial charge on any atom is 0.236 e. The lowest BCUT2D eigenvalue weighted by Gasteiger charge is -2.15. The van der Waals surface area contributed by atoms with Crippen LogP contribution in [0.3, 0.4) is 0 Å². The van der Waals surface area contributed by atoms with Crippen LogP contribution in [-0.4, -0.2) is 26.6 Å². The van der Waals surface area contributed by atoms with E-state index in [1.165, 1.54) is 23.1 Å². The predicted molar refractivity (Wildman–Crippen MR) is 94.2 cm³/mol. The zero-order valence-electron chi connectivity index (χ0n) is 13.5. The number of hydrogen-bond acceptors (Lipinski definition) is 6. The van der Waals surface area contributed by atoms with Crippen LogP contribution in [0.2, 0.25) is 0 Å². The monoisotopic (exact) mass is 348 g/mol. The Morgan fingerprint density at radius 2 is 2.09 bits per heavy atom. The van der Waals surface area contributed by atoms with E-state index in [9.17, 15) is 4.79 Å². The van der Waals surface area contributed by atoms with Gasteiger partial charge in [-0.25, -0.2) is 15.0 Å². The molecule has 1 atom stereocenters. The Balaban J connectivity index is 1.57. The Hall–Kier alpha value is -1.47. The lowest BCUT2D eigenvalue weighted by molar-refractivity contribution is -0.113. The zero-order valence-corrected chi connectivity index (χ0v) is 15.2. The summed E-state index contributed by atoms with van der Waals surface area (Å²) in [5, 5.41) is 4.27. The van der Waals surface area contributed by atoms with Crippen molar-refractivity contribution in [2.24, 2.45) is 5.92 Å². The SMILES string of the molecule is Cc1cc(C)nc(SCC(=O)Nc2nc3c(s2)C[C@@H](C)CC3)n1. The predicted octanol–water partition coefficient (Wildman–Crippen LogP) is 3.41. The summed E-state index contributed by atoms with van der Waals surface area (Å²) in [6.07, 6.45) is 3.28. The summed E-state index contributed by atoms with van der Waals surface area (Å²) in [5.74, 6) is 0.949. The van der Waals surface area contributed by atoms with E-state index < -0.39 is 0 Å². The highest BCUT2D eigenvalue weighted by Crippen LogP contribution is 2.32. The molecule has 122 valence electrons. The standard InChI is InChI=1S/C16H20N4OS2/c1-9-4-5-12-13(6-9)23-16(19-12)20-14(21)8-22-15-17-10(2)7-11(3)18-15/h7,9H,4-6,8H2,1-3H3,(H,19,20,21)/t9-/m0/s1. The van der Waals surface area contributed by atoms with Crippen LogP contribution in [0.15, 0.2) is 11.2 Å². The largest absolute Gasteiger partial charge is 0.301 e. The van der Waals surface area contributed by atoms with Crippen molar-refractivity contribution in [1.29, 1.82) is 0 Å². The van der Waals surface area contributed by atoms with Crippen molar-refractivity contribution in [2.75, 3.05) is 11.1 Å². The first kappa shape index (κ1) is 16.4. The van der Waals surface area contributed by atoms with Crippen LogP contribution in [-0.2, 0) is 17.6 Å². The first-order chi connectivity index (χ1) is 11.0. The van der Waals surface area contributed by atoms with Gasteiger partial charge in [-0.1, -0.05) is 18.7 Å². The van der Waals surface area contributed by atoms with Crippen molar-refractivity contribution in [3.63, 3.8) is 0 Å². The number of aryl methyl sites for hydroxylation is 3. The average molecular weight is 348 g/mol. The average Bonchev–Trinajstić information content (AvgIpc) is 2.85. The van der Waals surface area contributed by atoms with Crippen molar-refractivity contribution in [3.8, 4) is 0 Å². The topological polar surface area (TPSA) is 67.8 Å². The molecule has 0 spiro atoms. The summed E-state index contributed by atoms with van der Waals surface area (Å²) in [6.45, 7) is 6.13. The van der Waals surface area contributed by atoms with E-state index in [4.69, 9.17) is 0 Å². The van der Waals surface area contributed by atoms with E-state index in [1.54, 1.807) is 11.3 Å². The van der Waals surface area contributed by atoms with Gasteiger partial charge in [-0.15, -0.1) is 11.3 Å². The number of nitrogens with zero attached hydrogens (tertiary/aromatic N) is 3. The van der Waals surface area contributed by atoms with Gasteiger partial charge in [-0.2, -0.15) is 0 Å². The van der Waals surface area contributed by atoms with Gasteiger partial charge in [0, 0.05) is 16.3 Å². The first-order valence-corrected chi connectivity index (χ1v) is 9.53. The highest BCUT2D eigenvalue weighted by Gasteiger charge is 2.20. The molecule has 7 heteroatoms. The number of nitrogens with one attached hydrogen (secondary N) is 1. The summed E-state index contributed by atoms with van der Waals surface area (Å²) < 4.78 is 0. The summed E-state index contributed by atoms with van der Waals surface area (Å²) in [6, 6.07) is 1.92. The maximum atomic E-state index is 12.1. The molecule has 5 nitrogen and oxygen atoms in total. The number of rotatable bonds is 4. The zero-order chi connectivity index (χ0) is 16.4. The number of anilines is 1. The summed E-state index contributed by atoms with van der Waals surface area (Å²) in [4.78, 5) is 26.7. The van der Waals surface area contributed by atoms with E-state index in [1.807, 2.05) is 19.9 Å². The van der Waals surface area contributed by atoms with Crippen molar-refractivity contribution >= 4 is 34.1 Å². The molecule has 1 aliphatic carbocycles. The Morgan fingerprint density at radius 1 is 1.35 bits per heavy atom. The smallest absolute Gasteiger partial charge is 0.236 e. The lowest BCUT2D eigenvalue weighted by atomic mass is 9.93. The molecule has 1 N–H and O–H groups in total. The second-order valence-electron chi connectivity index (χ2n) is 6.01. The molecule has 23 heavy (non-hydrogen) atoms. The third-order valence-electron chi connectivity index (χ3n) is 3.73. The van der Waals surface area contributed by atoms with Gasteiger partial charge >= 0.3 is 0 Å². The molecule has 2 aromatic rings. The molecule has 0 bridgehead atoms. The molecule has 0 fully saturated rings. The second-order valence-corrected chi connectivity index (χ2v) is 8.03. The molecule has 2 aromatic heterocycles. The van der Waals surface area contributed by atoms with Gasteiger partial charge in [0.15, 0.2) is 10.3 Å². The van der Waals surface area contributed by atoms with E-state index in [0.29, 0.717) is 16.8 Å². The third kappa shape index (κ3) is 4.29. The van der Waals surface area contributed by atoms with Gasteiger partial charge in [0.2, 0.25) is 5.91 Å². The van der Waals surface area contributed by atoms with Crippen LogP contribution in [0.1, 0.15) is 35.3 Å². The first-order valence-electron chi connectivity index (χ1n) is 7.73. The molecule has 1 amide bonds. The van der Waals surface area contributed by atoms with Gasteiger partial charge in [0.1, 0.15) is 0 Å². The summed E-state index contributed by atoms with van der Waals surface area (Å²) in [5.41, 5.74) is 3.00. The Labute approximate surface area is 144 Å². The third-order valence-corrected chi connectivity index (χ3v) is 5.61. The lowest BCUT2D eigenvalue weighted by Crippen LogP contribution is -2.14. The van der Waals surface area contributed by atoms with Crippen molar-refractivity contribution in [3.05, 3.63) is 28.0 Å². The number of carbonyl (C=O) groups is 1. The van der Waals surface area contributed by atoms with Crippen LogP contribution in [0, 0.1) is 19.8 Å². The number of aromatic nitrogens is 3. The molecule has 0 aliphatic heterocycles. The molecule has 0 aromatic carbocycles. The molecule has 0 saturated carbocycles. The van der Waals surface area contributed by atoms with Crippen molar-refractivity contribution in [1.82, 2.24) is 15.0 Å². The van der Waals surface area contributed by atoms with E-state index in [2.05, 4.69) is 27.2 Å². The van der Waals surface area contributed by atoms with Crippen LogP contribution < -0.4 is 5.32 Å². The number of thiazole rings is 1. The number of thioether (sulfide) groups is 1. The fourth-order valence-electron chi connectivity index (χ4n) is 2.64. The Kier molecular flexibility index (Phi) is 4.96. The van der Waals surface area contributed by atoms with Crippen LogP contribution >= 0.6 is 23.1 Å². The van der Waals surface area contributed by atoms with Gasteiger partial charge in [0.25, 0.3) is 0 Å². The van der Waals surface area contributed by atoms with Gasteiger partial charge in [0.05, 0.1) is 11.4 Å². The fourth-order valence-corrected chi connectivity index (χ4v) is 4.57. The Bertz CT molecular complexity index is 709. The van der Waals surface area contributed by atoms with Crippen molar-refractivity contribution < 1.29 is 4.79 Å². The van der Waals surface area contributed by atoms with E-state index >= 15 is 0 Å². The van der Waals surface area contributed by atoms with E-state index in [0.717, 1.165) is 35.1 Å². The minimum Gasteiger partial charge on any atom is -0.301 e. The highest BCUT2D eigenvalue weighted by molar-refractivity contribution is 7.99. The molecule has 0 unspecified atom stereocenters. The second kappa shape index (κ2) is 6.97. The minimum absolute atomic E-state index is 0.0584. The fraction of sp³-hybridized carbons (Fsp3) is 0.500. The number of carbonyl (C=O) groups excluding carboxylic acids is 1. The summed E-state index contributed by atoms with van der Waals surface area (Å²) in [7, 11) is 0. The number of amides is 1. The maximum absolute atomic E-state index is 12.1. The molecule has 0 radical (unpaired) electrons. The molecule has 3 rings (SSSR count).